The monoisotopic (exact) mass is 272 g/mol. The van der Waals surface area contributed by atoms with Crippen molar-refractivity contribution >= 4 is 23.2 Å². The third-order valence-electron chi connectivity index (χ3n) is 2.83. The van der Waals surface area contributed by atoms with Crippen molar-refractivity contribution in [3.8, 4) is 0 Å². The molecule has 18 heavy (non-hydrogen) atoms. The first-order valence-electron chi connectivity index (χ1n) is 5.74. The van der Waals surface area contributed by atoms with E-state index in [2.05, 4.69) is 4.98 Å². The SMILES string of the molecule is CCN(CC)C(=O)C(C)n1cnc(Cl)c(N)c1=O. The maximum atomic E-state index is 12.1. The number of amides is 1. The third kappa shape index (κ3) is 2.64. The lowest BCUT2D eigenvalue weighted by Crippen LogP contribution is -2.39. The molecular weight excluding hydrogens is 256 g/mol. The largest absolute Gasteiger partial charge is 0.392 e. The quantitative estimate of drug-likeness (QED) is 0.826. The number of carbonyl (C=O) groups is 1. The van der Waals surface area contributed by atoms with E-state index < -0.39 is 11.6 Å². The van der Waals surface area contributed by atoms with Gasteiger partial charge in [0.15, 0.2) is 5.15 Å². The van der Waals surface area contributed by atoms with E-state index in [1.165, 1.54) is 10.9 Å². The molecule has 0 saturated heterocycles. The van der Waals surface area contributed by atoms with Crippen LogP contribution >= 0.6 is 11.6 Å². The highest BCUT2D eigenvalue weighted by Crippen LogP contribution is 2.12. The van der Waals surface area contributed by atoms with Gasteiger partial charge in [0.25, 0.3) is 5.56 Å². The molecule has 1 aromatic rings. The van der Waals surface area contributed by atoms with Crippen molar-refractivity contribution in [3.63, 3.8) is 0 Å². The fourth-order valence-electron chi connectivity index (χ4n) is 1.66. The number of nitrogens with two attached hydrogens (primary N) is 1. The molecule has 7 heteroatoms. The number of nitrogen functional groups attached to an aromatic ring is 1. The minimum atomic E-state index is -0.649. The Morgan fingerprint density at radius 1 is 1.56 bits per heavy atom. The molecule has 0 aliphatic heterocycles. The van der Waals surface area contributed by atoms with Crippen molar-refractivity contribution in [3.05, 3.63) is 21.8 Å². The number of aromatic nitrogens is 2. The van der Waals surface area contributed by atoms with Gasteiger partial charge < -0.3 is 10.6 Å². The summed E-state index contributed by atoms with van der Waals surface area (Å²) in [5, 5.41) is -0.0428. The molecule has 0 spiro atoms. The predicted octanol–water partition coefficient (Wildman–Crippen LogP) is 0.908. The number of likely N-dealkylation sites (N-methyl/N-ethyl adjacent to an activating group) is 1. The summed E-state index contributed by atoms with van der Waals surface area (Å²) in [4.78, 5) is 29.4. The summed E-state index contributed by atoms with van der Waals surface area (Å²) in [6.07, 6.45) is 1.24. The van der Waals surface area contributed by atoms with E-state index in [9.17, 15) is 9.59 Å². The van der Waals surface area contributed by atoms with Gasteiger partial charge in [-0.15, -0.1) is 0 Å². The minimum Gasteiger partial charge on any atom is -0.392 e. The lowest BCUT2D eigenvalue weighted by Gasteiger charge is -2.23. The van der Waals surface area contributed by atoms with Gasteiger partial charge in [-0.1, -0.05) is 11.6 Å². The van der Waals surface area contributed by atoms with E-state index in [0.717, 1.165) is 0 Å². The molecule has 6 nitrogen and oxygen atoms in total. The van der Waals surface area contributed by atoms with Gasteiger partial charge in [-0.2, -0.15) is 0 Å². The summed E-state index contributed by atoms with van der Waals surface area (Å²) in [5.41, 5.74) is 4.87. The first kappa shape index (κ1) is 14.5. The highest BCUT2D eigenvalue weighted by Gasteiger charge is 2.22. The number of hydrogen-bond acceptors (Lipinski definition) is 4. The second-order valence-electron chi connectivity index (χ2n) is 3.85. The number of carbonyl (C=O) groups excluding carboxylic acids is 1. The fraction of sp³-hybridized carbons (Fsp3) is 0.545. The highest BCUT2D eigenvalue weighted by atomic mass is 35.5. The van der Waals surface area contributed by atoms with Gasteiger partial charge in [-0.3, -0.25) is 14.2 Å². The molecule has 0 aliphatic carbocycles. The van der Waals surface area contributed by atoms with Gasteiger partial charge in [0.05, 0.1) is 0 Å². The second-order valence-corrected chi connectivity index (χ2v) is 4.21. The molecule has 1 rings (SSSR count). The molecular formula is C11H17ClN4O2. The number of hydrogen-bond donors (Lipinski definition) is 1. The topological polar surface area (TPSA) is 81.2 Å². The molecule has 1 aromatic heterocycles. The lowest BCUT2D eigenvalue weighted by atomic mass is 10.2. The maximum absolute atomic E-state index is 12.1. The number of anilines is 1. The van der Waals surface area contributed by atoms with Crippen LogP contribution in [0.5, 0.6) is 0 Å². The van der Waals surface area contributed by atoms with Gasteiger partial charge in [0, 0.05) is 13.1 Å². The average molecular weight is 273 g/mol. The molecule has 0 bridgehead atoms. The Balaban J connectivity index is 3.12. The molecule has 0 aromatic carbocycles. The summed E-state index contributed by atoms with van der Waals surface area (Å²) < 4.78 is 1.20. The molecule has 0 fully saturated rings. The van der Waals surface area contributed by atoms with E-state index in [-0.39, 0.29) is 16.7 Å². The Morgan fingerprint density at radius 3 is 2.61 bits per heavy atom. The van der Waals surface area contributed by atoms with Crippen molar-refractivity contribution < 1.29 is 4.79 Å². The zero-order chi connectivity index (χ0) is 13.9. The lowest BCUT2D eigenvalue weighted by molar-refractivity contribution is -0.134. The van der Waals surface area contributed by atoms with Gasteiger partial charge in [0.2, 0.25) is 5.91 Å². The van der Waals surface area contributed by atoms with Crippen LogP contribution in [-0.4, -0.2) is 33.4 Å². The number of halogens is 1. The van der Waals surface area contributed by atoms with Crippen molar-refractivity contribution in [2.24, 2.45) is 0 Å². The molecule has 0 saturated carbocycles. The molecule has 0 radical (unpaired) electrons. The molecule has 1 atom stereocenters. The van der Waals surface area contributed by atoms with Gasteiger partial charge in [0.1, 0.15) is 18.1 Å². The second kappa shape index (κ2) is 5.86. The standard InChI is InChI=1S/C11H17ClN4O2/c1-4-15(5-2)10(17)7(3)16-6-14-9(12)8(13)11(16)18/h6-7H,4-5,13H2,1-3H3. The van der Waals surface area contributed by atoms with Crippen molar-refractivity contribution in [1.29, 1.82) is 0 Å². The van der Waals surface area contributed by atoms with E-state index in [1.54, 1.807) is 11.8 Å². The van der Waals surface area contributed by atoms with E-state index >= 15 is 0 Å². The number of nitrogens with zero attached hydrogens (tertiary/aromatic N) is 3. The zero-order valence-electron chi connectivity index (χ0n) is 10.7. The normalized spacial score (nSPS) is 12.2. The zero-order valence-corrected chi connectivity index (χ0v) is 11.4. The Hall–Kier alpha value is -1.56. The Morgan fingerprint density at radius 2 is 2.11 bits per heavy atom. The smallest absolute Gasteiger partial charge is 0.278 e. The number of rotatable bonds is 4. The van der Waals surface area contributed by atoms with Crippen LogP contribution in [0.1, 0.15) is 26.8 Å². The molecule has 1 unspecified atom stereocenters. The van der Waals surface area contributed by atoms with E-state index in [0.29, 0.717) is 13.1 Å². The average Bonchev–Trinajstić information content (AvgIpc) is 2.36. The van der Waals surface area contributed by atoms with Crippen molar-refractivity contribution in [2.45, 2.75) is 26.8 Å². The van der Waals surface area contributed by atoms with Crippen LogP contribution < -0.4 is 11.3 Å². The first-order chi connectivity index (χ1) is 8.43. The molecule has 100 valence electrons. The Labute approximate surface area is 110 Å². The highest BCUT2D eigenvalue weighted by molar-refractivity contribution is 6.31. The van der Waals surface area contributed by atoms with Crippen LogP contribution in [0.15, 0.2) is 11.1 Å². The van der Waals surface area contributed by atoms with E-state index in [4.69, 9.17) is 17.3 Å². The molecule has 1 heterocycles. The minimum absolute atomic E-state index is 0.0428. The summed E-state index contributed by atoms with van der Waals surface area (Å²) in [6.45, 7) is 6.57. The fourth-order valence-corrected chi connectivity index (χ4v) is 1.78. The molecule has 0 aliphatic rings. The summed E-state index contributed by atoms with van der Waals surface area (Å²) in [6, 6.07) is -0.649. The summed E-state index contributed by atoms with van der Waals surface area (Å²) in [7, 11) is 0. The molecule has 2 N–H and O–H groups in total. The summed E-state index contributed by atoms with van der Waals surface area (Å²) >= 11 is 5.64. The van der Waals surface area contributed by atoms with Crippen LogP contribution in [0, 0.1) is 0 Å². The van der Waals surface area contributed by atoms with Gasteiger partial charge in [-0.05, 0) is 20.8 Å². The van der Waals surface area contributed by atoms with Gasteiger partial charge in [-0.25, -0.2) is 4.98 Å². The van der Waals surface area contributed by atoms with Gasteiger partial charge >= 0.3 is 0 Å². The maximum Gasteiger partial charge on any atom is 0.278 e. The van der Waals surface area contributed by atoms with Crippen LogP contribution in [-0.2, 0) is 4.79 Å². The van der Waals surface area contributed by atoms with E-state index in [1.807, 2.05) is 13.8 Å². The molecule has 1 amide bonds. The van der Waals surface area contributed by atoms with Crippen molar-refractivity contribution in [2.75, 3.05) is 18.8 Å². The van der Waals surface area contributed by atoms with Crippen LogP contribution in [0.2, 0.25) is 5.15 Å². The Bertz CT molecular complexity index is 496. The first-order valence-corrected chi connectivity index (χ1v) is 6.12. The Kier molecular flexibility index (Phi) is 4.72. The van der Waals surface area contributed by atoms with Crippen LogP contribution in [0.25, 0.3) is 0 Å². The third-order valence-corrected chi connectivity index (χ3v) is 3.13. The van der Waals surface area contributed by atoms with Crippen LogP contribution in [0.3, 0.4) is 0 Å². The van der Waals surface area contributed by atoms with Crippen molar-refractivity contribution in [1.82, 2.24) is 14.5 Å². The van der Waals surface area contributed by atoms with Crippen LogP contribution in [0.4, 0.5) is 5.69 Å². The summed E-state index contributed by atoms with van der Waals surface area (Å²) in [5.74, 6) is -0.148. The predicted molar refractivity (Wildman–Crippen MR) is 70.6 cm³/mol.